The van der Waals surface area contributed by atoms with Gasteiger partial charge >= 0.3 is 5.97 Å². The van der Waals surface area contributed by atoms with E-state index in [9.17, 15) is 9.90 Å². The van der Waals surface area contributed by atoms with Gasteiger partial charge < -0.3 is 14.9 Å². The van der Waals surface area contributed by atoms with Gasteiger partial charge in [-0.05, 0) is 29.8 Å². The number of carboxylic acid groups (broad SMARTS) is 1. The van der Waals surface area contributed by atoms with Crippen LogP contribution in [0.15, 0.2) is 48.7 Å². The average Bonchev–Trinajstić information content (AvgIpc) is 2.54. The van der Waals surface area contributed by atoms with Crippen LogP contribution < -0.4 is 4.74 Å². The Kier molecular flexibility index (Phi) is 3.39. The summed E-state index contributed by atoms with van der Waals surface area (Å²) in [6, 6.07) is 11.6. The molecule has 0 unspecified atom stereocenters. The van der Waals surface area contributed by atoms with Gasteiger partial charge in [0.15, 0.2) is 0 Å². The number of aromatic nitrogens is 1. The predicted octanol–water partition coefficient (Wildman–Crippen LogP) is 3.31. The lowest BCUT2D eigenvalue weighted by Gasteiger charge is -2.11. The number of phenolic OH excluding ortho intramolecular Hbond substituents is 1. The number of benzene rings is 2. The number of aromatic carboxylic acids is 1. The molecule has 0 bridgehead atoms. The number of methoxy groups -OCH3 is 1. The molecule has 2 N–H and O–H groups in total. The average molecular weight is 295 g/mol. The molecule has 0 radical (unpaired) electrons. The Morgan fingerprint density at radius 3 is 2.50 bits per heavy atom. The SMILES string of the molecule is COc1ncc(-c2ccc(C(=O)O)cc2)c2c(O)cccc12. The van der Waals surface area contributed by atoms with Crippen LogP contribution in [-0.2, 0) is 0 Å². The van der Waals surface area contributed by atoms with E-state index in [0.717, 1.165) is 5.56 Å². The van der Waals surface area contributed by atoms with Crippen LogP contribution in [0.25, 0.3) is 21.9 Å². The molecule has 0 saturated heterocycles. The molecule has 110 valence electrons. The zero-order chi connectivity index (χ0) is 15.7. The Labute approximate surface area is 126 Å². The van der Waals surface area contributed by atoms with E-state index in [1.165, 1.54) is 19.2 Å². The molecule has 0 saturated carbocycles. The molecular formula is C17H13NO4. The van der Waals surface area contributed by atoms with Crippen LogP contribution in [-0.4, -0.2) is 28.3 Å². The molecular weight excluding hydrogens is 282 g/mol. The summed E-state index contributed by atoms with van der Waals surface area (Å²) in [5, 5.41) is 20.5. The second-order valence-corrected chi connectivity index (χ2v) is 4.76. The van der Waals surface area contributed by atoms with E-state index < -0.39 is 5.97 Å². The number of carboxylic acids is 1. The van der Waals surface area contributed by atoms with Gasteiger partial charge in [0.05, 0.1) is 12.7 Å². The first-order valence-electron chi connectivity index (χ1n) is 6.60. The lowest BCUT2D eigenvalue weighted by molar-refractivity contribution is 0.0697. The van der Waals surface area contributed by atoms with E-state index in [4.69, 9.17) is 9.84 Å². The Morgan fingerprint density at radius 2 is 1.86 bits per heavy atom. The zero-order valence-electron chi connectivity index (χ0n) is 11.8. The molecule has 0 atom stereocenters. The molecule has 0 aliphatic carbocycles. The van der Waals surface area contributed by atoms with E-state index >= 15 is 0 Å². The minimum atomic E-state index is -0.980. The van der Waals surface area contributed by atoms with Crippen molar-refractivity contribution in [3.8, 4) is 22.8 Å². The van der Waals surface area contributed by atoms with Gasteiger partial charge in [-0.3, -0.25) is 0 Å². The lowest BCUT2D eigenvalue weighted by atomic mass is 9.99. The van der Waals surface area contributed by atoms with E-state index in [1.54, 1.807) is 30.5 Å². The number of rotatable bonds is 3. The number of hydrogen-bond donors (Lipinski definition) is 2. The van der Waals surface area contributed by atoms with Gasteiger partial charge in [-0.1, -0.05) is 18.2 Å². The molecule has 3 rings (SSSR count). The third-order valence-electron chi connectivity index (χ3n) is 3.49. The topological polar surface area (TPSA) is 79.7 Å². The largest absolute Gasteiger partial charge is 0.507 e. The first-order valence-corrected chi connectivity index (χ1v) is 6.60. The summed E-state index contributed by atoms with van der Waals surface area (Å²) < 4.78 is 5.22. The Bertz CT molecular complexity index is 856. The Hall–Kier alpha value is -3.08. The lowest BCUT2D eigenvalue weighted by Crippen LogP contribution is -1.96. The molecule has 0 amide bonds. The van der Waals surface area contributed by atoms with Crippen LogP contribution in [0.3, 0.4) is 0 Å². The van der Waals surface area contributed by atoms with Crippen molar-refractivity contribution in [2.24, 2.45) is 0 Å². The summed E-state index contributed by atoms with van der Waals surface area (Å²) in [7, 11) is 1.52. The maximum atomic E-state index is 10.9. The van der Waals surface area contributed by atoms with E-state index in [2.05, 4.69) is 4.98 Å². The number of ether oxygens (including phenoxy) is 1. The number of phenols is 1. The molecule has 22 heavy (non-hydrogen) atoms. The van der Waals surface area contributed by atoms with Crippen molar-refractivity contribution in [3.05, 3.63) is 54.2 Å². The second-order valence-electron chi connectivity index (χ2n) is 4.76. The van der Waals surface area contributed by atoms with Crippen molar-refractivity contribution in [1.29, 1.82) is 0 Å². The fourth-order valence-corrected chi connectivity index (χ4v) is 2.43. The minimum absolute atomic E-state index is 0.121. The molecule has 3 aromatic rings. The first-order chi connectivity index (χ1) is 10.6. The third kappa shape index (κ3) is 2.22. The number of fused-ring (bicyclic) bond motifs is 1. The van der Waals surface area contributed by atoms with Gasteiger partial charge in [0, 0.05) is 22.5 Å². The third-order valence-corrected chi connectivity index (χ3v) is 3.49. The molecule has 1 aromatic heterocycles. The van der Waals surface area contributed by atoms with Crippen molar-refractivity contribution < 1.29 is 19.7 Å². The minimum Gasteiger partial charge on any atom is -0.507 e. The second kappa shape index (κ2) is 5.37. The van der Waals surface area contributed by atoms with Gasteiger partial charge in [0.25, 0.3) is 0 Å². The van der Waals surface area contributed by atoms with Crippen molar-refractivity contribution in [2.75, 3.05) is 7.11 Å². The monoisotopic (exact) mass is 295 g/mol. The van der Waals surface area contributed by atoms with E-state index in [0.29, 0.717) is 22.2 Å². The molecule has 1 heterocycles. The summed E-state index contributed by atoms with van der Waals surface area (Å²) in [6.07, 6.45) is 1.61. The number of aromatic hydroxyl groups is 1. The zero-order valence-corrected chi connectivity index (χ0v) is 11.8. The van der Waals surface area contributed by atoms with Crippen molar-refractivity contribution in [1.82, 2.24) is 4.98 Å². The predicted molar refractivity (Wildman–Crippen MR) is 82.4 cm³/mol. The van der Waals surface area contributed by atoms with Crippen LogP contribution in [0.4, 0.5) is 0 Å². The van der Waals surface area contributed by atoms with Crippen LogP contribution in [0.2, 0.25) is 0 Å². The number of hydrogen-bond acceptors (Lipinski definition) is 4. The highest BCUT2D eigenvalue weighted by Gasteiger charge is 2.13. The Morgan fingerprint density at radius 1 is 1.14 bits per heavy atom. The van der Waals surface area contributed by atoms with Crippen LogP contribution in [0.5, 0.6) is 11.6 Å². The quantitative estimate of drug-likeness (QED) is 0.775. The summed E-state index contributed by atoms with van der Waals surface area (Å²) in [5.74, 6) is -0.431. The standard InChI is InChI=1S/C17H13NO4/c1-22-16-12-3-2-4-14(19)15(12)13(9-18-16)10-5-7-11(8-6-10)17(20)21/h2-9,19H,1H3,(H,20,21). The molecule has 5 nitrogen and oxygen atoms in total. The van der Waals surface area contributed by atoms with Crippen LogP contribution >= 0.6 is 0 Å². The molecule has 0 aliphatic heterocycles. The van der Waals surface area contributed by atoms with Gasteiger partial charge in [-0.25, -0.2) is 9.78 Å². The molecule has 5 heteroatoms. The van der Waals surface area contributed by atoms with Crippen molar-refractivity contribution >= 4 is 16.7 Å². The van der Waals surface area contributed by atoms with Crippen molar-refractivity contribution in [2.45, 2.75) is 0 Å². The van der Waals surface area contributed by atoms with Gasteiger partial charge in [-0.15, -0.1) is 0 Å². The van der Waals surface area contributed by atoms with E-state index in [-0.39, 0.29) is 11.3 Å². The highest BCUT2D eigenvalue weighted by molar-refractivity contribution is 6.03. The normalized spacial score (nSPS) is 10.6. The first kappa shape index (κ1) is 13.9. The maximum absolute atomic E-state index is 10.9. The molecule has 0 aliphatic rings. The summed E-state index contributed by atoms with van der Waals surface area (Å²) in [6.45, 7) is 0. The van der Waals surface area contributed by atoms with Gasteiger partial charge in [0.1, 0.15) is 5.75 Å². The summed E-state index contributed by atoms with van der Waals surface area (Å²) in [4.78, 5) is 15.2. The summed E-state index contributed by atoms with van der Waals surface area (Å²) in [5.41, 5.74) is 1.69. The number of nitrogens with zero attached hydrogens (tertiary/aromatic N) is 1. The smallest absolute Gasteiger partial charge is 0.335 e. The van der Waals surface area contributed by atoms with Gasteiger partial charge in [0.2, 0.25) is 5.88 Å². The summed E-state index contributed by atoms with van der Waals surface area (Å²) >= 11 is 0. The number of pyridine rings is 1. The van der Waals surface area contributed by atoms with Crippen LogP contribution in [0.1, 0.15) is 10.4 Å². The van der Waals surface area contributed by atoms with Crippen molar-refractivity contribution in [3.63, 3.8) is 0 Å². The highest BCUT2D eigenvalue weighted by atomic mass is 16.5. The molecule has 0 fully saturated rings. The fourth-order valence-electron chi connectivity index (χ4n) is 2.43. The van der Waals surface area contributed by atoms with Crippen LogP contribution in [0, 0.1) is 0 Å². The van der Waals surface area contributed by atoms with Gasteiger partial charge in [-0.2, -0.15) is 0 Å². The molecule has 2 aromatic carbocycles. The Balaban J connectivity index is 2.25. The fraction of sp³-hybridized carbons (Fsp3) is 0.0588. The number of carbonyl (C=O) groups is 1. The molecule has 0 spiro atoms. The van der Waals surface area contributed by atoms with E-state index in [1.807, 2.05) is 6.07 Å². The maximum Gasteiger partial charge on any atom is 0.335 e. The highest BCUT2D eigenvalue weighted by Crippen LogP contribution is 2.37.